The fourth-order valence-corrected chi connectivity index (χ4v) is 3.99. The highest BCUT2D eigenvalue weighted by Gasteiger charge is 2.38. The third-order valence-corrected chi connectivity index (χ3v) is 5.97. The molecule has 0 aromatic heterocycles. The summed E-state index contributed by atoms with van der Waals surface area (Å²) in [6, 6.07) is 0. The molecule has 2 unspecified atom stereocenters. The molecule has 0 heterocycles. The molecule has 0 aromatic carbocycles. The molecule has 1 N–H and O–H groups in total. The summed E-state index contributed by atoms with van der Waals surface area (Å²) in [5, 5.41) is 9.30. The number of esters is 2. The molecular formula is C28H50O6. The Morgan fingerprint density at radius 3 is 1.94 bits per heavy atom. The van der Waals surface area contributed by atoms with Gasteiger partial charge in [0.25, 0.3) is 0 Å². The number of rotatable bonds is 19. The summed E-state index contributed by atoms with van der Waals surface area (Å²) in [5.41, 5.74) is -0.608. The van der Waals surface area contributed by atoms with Gasteiger partial charge in [-0.3, -0.25) is 14.4 Å². The van der Waals surface area contributed by atoms with Crippen molar-refractivity contribution in [2.75, 3.05) is 6.61 Å². The monoisotopic (exact) mass is 482 g/mol. The molecule has 0 saturated carbocycles. The number of carboxylic acid groups (broad SMARTS) is 1. The van der Waals surface area contributed by atoms with Crippen LogP contribution in [0.1, 0.15) is 113 Å². The maximum Gasteiger partial charge on any atom is 0.313 e. The standard InChI is InChI=1S/C28H50O6/c1-8-9-10-11-12-13-14-15-16-17-18-23(19-24(29)30)27(32)34-25(21(2)3)28(6,7)20-33-26(31)22(4)5/h17-18,21-23,25H,8-16,19-20H2,1-7H3,(H,29,30). The highest BCUT2D eigenvalue weighted by Crippen LogP contribution is 2.31. The zero-order chi connectivity index (χ0) is 26.1. The molecular weight excluding hydrogens is 432 g/mol. The minimum Gasteiger partial charge on any atom is -0.481 e. The predicted molar refractivity (Wildman–Crippen MR) is 136 cm³/mol. The molecule has 0 bridgehead atoms. The van der Waals surface area contributed by atoms with E-state index in [0.717, 1.165) is 19.3 Å². The van der Waals surface area contributed by atoms with Gasteiger partial charge in [0.15, 0.2) is 0 Å². The van der Waals surface area contributed by atoms with Gasteiger partial charge in [-0.1, -0.05) is 106 Å². The molecule has 2 atom stereocenters. The second-order valence-electron chi connectivity index (χ2n) is 10.7. The number of carboxylic acids is 1. The predicted octanol–water partition coefficient (Wildman–Crippen LogP) is 6.96. The molecule has 0 rings (SSSR count). The normalized spacial score (nSPS) is 13.9. The van der Waals surface area contributed by atoms with Gasteiger partial charge in [0.1, 0.15) is 6.10 Å². The molecule has 6 nitrogen and oxygen atoms in total. The van der Waals surface area contributed by atoms with E-state index in [1.165, 1.54) is 38.5 Å². The van der Waals surface area contributed by atoms with Gasteiger partial charge < -0.3 is 14.6 Å². The van der Waals surface area contributed by atoms with Gasteiger partial charge in [0.05, 0.1) is 24.9 Å². The van der Waals surface area contributed by atoms with Crippen LogP contribution >= 0.6 is 0 Å². The fraction of sp³-hybridized carbons (Fsp3) is 0.821. The maximum atomic E-state index is 12.9. The van der Waals surface area contributed by atoms with Gasteiger partial charge in [0.2, 0.25) is 0 Å². The first kappa shape index (κ1) is 32.1. The van der Waals surface area contributed by atoms with Gasteiger partial charge in [-0.05, 0) is 18.8 Å². The minimum atomic E-state index is -1.04. The fourth-order valence-electron chi connectivity index (χ4n) is 3.99. The van der Waals surface area contributed by atoms with Crippen molar-refractivity contribution in [3.63, 3.8) is 0 Å². The van der Waals surface area contributed by atoms with E-state index in [-0.39, 0.29) is 30.8 Å². The first-order valence-corrected chi connectivity index (χ1v) is 13.2. The van der Waals surface area contributed by atoms with Crippen LogP contribution in [0.3, 0.4) is 0 Å². The molecule has 0 aromatic rings. The lowest BCUT2D eigenvalue weighted by Crippen LogP contribution is -2.43. The average molecular weight is 483 g/mol. The summed E-state index contributed by atoms with van der Waals surface area (Å²) in [6.07, 6.45) is 13.4. The van der Waals surface area contributed by atoms with Crippen LogP contribution in [0.25, 0.3) is 0 Å². The Morgan fingerprint density at radius 1 is 0.882 bits per heavy atom. The largest absolute Gasteiger partial charge is 0.481 e. The molecule has 0 saturated heterocycles. The van der Waals surface area contributed by atoms with Gasteiger partial charge in [0, 0.05) is 5.41 Å². The zero-order valence-corrected chi connectivity index (χ0v) is 22.7. The first-order valence-electron chi connectivity index (χ1n) is 13.2. The molecule has 6 heteroatoms. The van der Waals surface area contributed by atoms with E-state index in [1.807, 2.05) is 33.8 Å². The Balaban J connectivity index is 4.88. The smallest absolute Gasteiger partial charge is 0.313 e. The van der Waals surface area contributed by atoms with Crippen LogP contribution in [-0.2, 0) is 23.9 Å². The van der Waals surface area contributed by atoms with Crippen molar-refractivity contribution in [2.45, 2.75) is 119 Å². The SMILES string of the molecule is CCCCCCCCCCC=CC(CC(=O)O)C(=O)OC(C(C)C)C(C)(C)COC(=O)C(C)C. The lowest BCUT2D eigenvalue weighted by atomic mass is 9.81. The molecule has 0 aliphatic rings. The van der Waals surface area contributed by atoms with Crippen LogP contribution in [0.15, 0.2) is 12.2 Å². The third-order valence-electron chi connectivity index (χ3n) is 5.97. The molecule has 0 aliphatic carbocycles. The molecule has 0 radical (unpaired) electrons. The Kier molecular flexibility index (Phi) is 16.6. The Bertz CT molecular complexity index is 620. The Labute approximate surface area is 207 Å². The van der Waals surface area contributed by atoms with Crippen LogP contribution in [0.2, 0.25) is 0 Å². The number of carbonyl (C=O) groups is 3. The second-order valence-corrected chi connectivity index (χ2v) is 10.7. The van der Waals surface area contributed by atoms with E-state index in [4.69, 9.17) is 9.47 Å². The van der Waals surface area contributed by atoms with E-state index in [0.29, 0.717) is 0 Å². The maximum absolute atomic E-state index is 12.9. The van der Waals surface area contributed by atoms with Crippen molar-refractivity contribution in [1.82, 2.24) is 0 Å². The first-order chi connectivity index (χ1) is 15.9. The van der Waals surface area contributed by atoms with Gasteiger partial charge >= 0.3 is 17.9 Å². The second kappa shape index (κ2) is 17.6. The van der Waals surface area contributed by atoms with Crippen LogP contribution in [0, 0.1) is 23.2 Å². The van der Waals surface area contributed by atoms with E-state index >= 15 is 0 Å². The van der Waals surface area contributed by atoms with E-state index in [1.54, 1.807) is 19.9 Å². The van der Waals surface area contributed by atoms with Crippen molar-refractivity contribution >= 4 is 17.9 Å². The zero-order valence-electron chi connectivity index (χ0n) is 22.7. The highest BCUT2D eigenvalue weighted by molar-refractivity contribution is 5.80. The molecule has 0 fully saturated rings. The summed E-state index contributed by atoms with van der Waals surface area (Å²) in [5.74, 6) is -2.97. The molecule has 198 valence electrons. The number of aliphatic carboxylic acids is 1. The Hall–Kier alpha value is -1.85. The number of carbonyl (C=O) groups excluding carboxylic acids is 2. The van der Waals surface area contributed by atoms with E-state index in [2.05, 4.69) is 6.92 Å². The summed E-state index contributed by atoms with van der Waals surface area (Å²) in [6.45, 7) is 13.5. The minimum absolute atomic E-state index is 0.0246. The van der Waals surface area contributed by atoms with Crippen LogP contribution in [0.4, 0.5) is 0 Å². The Morgan fingerprint density at radius 2 is 1.44 bits per heavy atom. The van der Waals surface area contributed by atoms with Crippen LogP contribution < -0.4 is 0 Å². The van der Waals surface area contributed by atoms with Crippen LogP contribution in [0.5, 0.6) is 0 Å². The number of allylic oxidation sites excluding steroid dienone is 1. The van der Waals surface area contributed by atoms with E-state index in [9.17, 15) is 19.5 Å². The lowest BCUT2D eigenvalue weighted by Gasteiger charge is -2.36. The summed E-state index contributed by atoms with van der Waals surface area (Å²) in [4.78, 5) is 36.2. The summed E-state index contributed by atoms with van der Waals surface area (Å²) in [7, 11) is 0. The van der Waals surface area contributed by atoms with Gasteiger partial charge in [-0.15, -0.1) is 0 Å². The number of hydrogen-bond donors (Lipinski definition) is 1. The van der Waals surface area contributed by atoms with Gasteiger partial charge in [-0.25, -0.2) is 0 Å². The summed E-state index contributed by atoms with van der Waals surface area (Å²) >= 11 is 0. The third kappa shape index (κ3) is 14.4. The lowest BCUT2D eigenvalue weighted by molar-refractivity contribution is -0.170. The van der Waals surface area contributed by atoms with Crippen molar-refractivity contribution in [3.8, 4) is 0 Å². The molecule has 0 spiro atoms. The van der Waals surface area contributed by atoms with Crippen LogP contribution in [-0.4, -0.2) is 35.7 Å². The van der Waals surface area contributed by atoms with Crippen molar-refractivity contribution < 1.29 is 29.0 Å². The van der Waals surface area contributed by atoms with Crippen molar-refractivity contribution in [1.29, 1.82) is 0 Å². The summed E-state index contributed by atoms with van der Waals surface area (Å²) < 4.78 is 11.2. The molecule has 0 amide bonds. The number of unbranched alkanes of at least 4 members (excludes halogenated alkanes) is 8. The highest BCUT2D eigenvalue weighted by atomic mass is 16.6. The quantitative estimate of drug-likeness (QED) is 0.122. The average Bonchev–Trinajstić information content (AvgIpc) is 2.75. The van der Waals surface area contributed by atoms with Gasteiger partial charge in [-0.2, -0.15) is 0 Å². The van der Waals surface area contributed by atoms with Crippen molar-refractivity contribution in [2.24, 2.45) is 23.2 Å². The molecule has 0 aliphatic heterocycles. The number of hydrogen-bond acceptors (Lipinski definition) is 5. The molecule has 34 heavy (non-hydrogen) atoms. The van der Waals surface area contributed by atoms with Crippen molar-refractivity contribution in [3.05, 3.63) is 12.2 Å². The van der Waals surface area contributed by atoms with E-state index < -0.39 is 29.4 Å². The number of ether oxygens (including phenoxy) is 2. The topological polar surface area (TPSA) is 89.9 Å².